The molecule has 1 aliphatic carbocycles. The molecule has 0 N–H and O–H groups in total. The molecule has 7 heteroatoms. The molecule has 1 unspecified atom stereocenters. The predicted molar refractivity (Wildman–Crippen MR) is 137 cm³/mol. The topological polar surface area (TPSA) is 82.0 Å². The second kappa shape index (κ2) is 11.1. The molecule has 0 saturated heterocycles. The highest BCUT2D eigenvalue weighted by atomic mass is 79.9. The van der Waals surface area contributed by atoms with Crippen LogP contribution < -0.4 is 0 Å². The van der Waals surface area contributed by atoms with Crippen molar-refractivity contribution in [3.8, 4) is 0 Å². The maximum atomic E-state index is 13.9. The molecule has 0 aromatic heterocycles. The van der Waals surface area contributed by atoms with Gasteiger partial charge in [-0.1, -0.05) is 95.9 Å². The molecule has 1 atom stereocenters. The molecule has 182 valence electrons. The summed E-state index contributed by atoms with van der Waals surface area (Å²) in [6.07, 6.45) is 4.93. The van der Waals surface area contributed by atoms with Crippen molar-refractivity contribution in [3.05, 3.63) is 82.9 Å². The summed E-state index contributed by atoms with van der Waals surface area (Å²) < 4.78 is 11.6. The van der Waals surface area contributed by atoms with Gasteiger partial charge in [-0.3, -0.25) is 9.59 Å². The molecule has 2 aromatic rings. The van der Waals surface area contributed by atoms with E-state index in [2.05, 4.69) is 15.9 Å². The van der Waals surface area contributed by atoms with Crippen LogP contribution in [0.15, 0.2) is 76.8 Å². The Morgan fingerprint density at radius 1 is 0.943 bits per heavy atom. The van der Waals surface area contributed by atoms with Gasteiger partial charge in [-0.2, -0.15) is 0 Å². The minimum Gasteiger partial charge on any atom is -0.463 e. The van der Waals surface area contributed by atoms with Gasteiger partial charge < -0.3 is 9.47 Å². The lowest BCUT2D eigenvalue weighted by molar-refractivity contribution is -0.156. The van der Waals surface area contributed by atoms with Crippen LogP contribution in [0.3, 0.4) is 0 Å². The first-order valence-corrected chi connectivity index (χ1v) is 13.1. The van der Waals surface area contributed by atoms with Crippen molar-refractivity contribution < 1.29 is 23.9 Å². The van der Waals surface area contributed by atoms with Gasteiger partial charge in [0.05, 0.1) is 29.1 Å². The number of benzene rings is 2. The second-order valence-electron chi connectivity index (χ2n) is 8.65. The molecule has 35 heavy (non-hydrogen) atoms. The fourth-order valence-corrected chi connectivity index (χ4v) is 5.18. The van der Waals surface area contributed by atoms with Gasteiger partial charge in [0.15, 0.2) is 11.6 Å². The minimum absolute atomic E-state index is 0.0307. The van der Waals surface area contributed by atoms with Crippen LogP contribution in [-0.4, -0.2) is 47.0 Å². The lowest BCUT2D eigenvalue weighted by atomic mass is 9.85. The molecule has 0 amide bonds. The highest BCUT2D eigenvalue weighted by Gasteiger charge is 2.57. The average molecular weight is 538 g/mol. The first-order chi connectivity index (χ1) is 17.0. The van der Waals surface area contributed by atoms with Crippen molar-refractivity contribution in [2.45, 2.75) is 50.7 Å². The van der Waals surface area contributed by atoms with E-state index in [0.717, 1.165) is 32.1 Å². The maximum absolute atomic E-state index is 13.9. The first kappa shape index (κ1) is 25.0. The molecular weight excluding hydrogens is 510 g/mol. The van der Waals surface area contributed by atoms with E-state index in [9.17, 15) is 14.4 Å². The summed E-state index contributed by atoms with van der Waals surface area (Å²) in [5.74, 6) is -1.57. The molecule has 2 aliphatic rings. The number of alkyl halides is 1. The second-order valence-corrected chi connectivity index (χ2v) is 9.21. The van der Waals surface area contributed by atoms with Crippen LogP contribution >= 0.6 is 15.9 Å². The standard InChI is InChI=1S/C28H28BrNO5/c1-2-34-27(33)28(18-29)23(25(32)20-14-8-4-9-15-20)22(24(31)19-12-6-3-7-13-19)26(35-28)30-21-16-10-5-11-17-21/h3-4,6-9,12-15,21H,2,5,10-11,16-18H2,1H3. The summed E-state index contributed by atoms with van der Waals surface area (Å²) in [5, 5.41) is -0.0675. The molecule has 1 aliphatic heterocycles. The van der Waals surface area contributed by atoms with E-state index in [0.29, 0.717) is 11.1 Å². The maximum Gasteiger partial charge on any atom is 0.356 e. The van der Waals surface area contributed by atoms with E-state index in [1.807, 2.05) is 6.07 Å². The van der Waals surface area contributed by atoms with Crippen LogP contribution in [0.1, 0.15) is 59.7 Å². The third kappa shape index (κ3) is 5.01. The fourth-order valence-electron chi connectivity index (χ4n) is 4.56. The number of esters is 1. The molecule has 0 spiro atoms. The van der Waals surface area contributed by atoms with Crippen molar-refractivity contribution in [2.75, 3.05) is 11.9 Å². The van der Waals surface area contributed by atoms with Gasteiger partial charge in [0.1, 0.15) is 0 Å². The fraction of sp³-hybridized carbons (Fsp3) is 0.357. The molecule has 6 nitrogen and oxygen atoms in total. The lowest BCUT2D eigenvalue weighted by Crippen LogP contribution is -2.46. The Bertz CT molecular complexity index is 1150. The van der Waals surface area contributed by atoms with Crippen LogP contribution in [-0.2, 0) is 14.3 Å². The average Bonchev–Trinajstić information content (AvgIpc) is 3.24. The predicted octanol–water partition coefficient (Wildman–Crippen LogP) is 5.51. The van der Waals surface area contributed by atoms with Crippen molar-refractivity contribution in [1.29, 1.82) is 0 Å². The normalized spacial score (nSPS) is 21.6. The molecule has 4 rings (SSSR count). The van der Waals surface area contributed by atoms with Crippen molar-refractivity contribution in [3.63, 3.8) is 0 Å². The summed E-state index contributed by atoms with van der Waals surface area (Å²) in [4.78, 5) is 46.0. The number of carbonyl (C=O) groups excluding carboxylic acids is 3. The Labute approximate surface area is 213 Å². The third-order valence-electron chi connectivity index (χ3n) is 6.33. The molecule has 1 fully saturated rings. The Kier molecular flexibility index (Phi) is 7.96. The summed E-state index contributed by atoms with van der Waals surface area (Å²) in [5.41, 5.74) is -1.10. The first-order valence-electron chi connectivity index (χ1n) is 12.0. The molecule has 2 aromatic carbocycles. The Hall–Kier alpha value is -3.06. The number of hydrogen-bond acceptors (Lipinski definition) is 6. The number of halogens is 1. The van der Waals surface area contributed by atoms with Crippen LogP contribution in [0.5, 0.6) is 0 Å². The van der Waals surface area contributed by atoms with Crippen LogP contribution in [0.2, 0.25) is 0 Å². The molecule has 1 heterocycles. The van der Waals surface area contributed by atoms with Crippen molar-refractivity contribution >= 4 is 39.4 Å². The van der Waals surface area contributed by atoms with Gasteiger partial charge in [-0.05, 0) is 19.8 Å². The zero-order chi connectivity index (χ0) is 24.8. The Morgan fingerprint density at radius 2 is 1.51 bits per heavy atom. The monoisotopic (exact) mass is 537 g/mol. The number of nitrogens with zero attached hydrogens (tertiary/aromatic N) is 1. The highest BCUT2D eigenvalue weighted by molar-refractivity contribution is 9.09. The van der Waals surface area contributed by atoms with E-state index in [1.54, 1.807) is 61.5 Å². The van der Waals surface area contributed by atoms with E-state index in [4.69, 9.17) is 14.5 Å². The number of Topliss-reactive ketones (excluding diaryl/α,β-unsaturated/α-hetero) is 2. The highest BCUT2D eigenvalue weighted by Crippen LogP contribution is 2.40. The van der Waals surface area contributed by atoms with E-state index in [1.165, 1.54) is 0 Å². The van der Waals surface area contributed by atoms with Crippen molar-refractivity contribution in [1.82, 2.24) is 0 Å². The SMILES string of the molecule is CCOC(=O)C1(CBr)OC(=NC2CCCCC2)C(C(=O)c2ccccc2)=C1C(=O)c1ccccc1. The quantitative estimate of drug-likeness (QED) is 0.252. The summed E-state index contributed by atoms with van der Waals surface area (Å²) in [6.45, 7) is 1.78. The van der Waals surface area contributed by atoms with E-state index >= 15 is 0 Å². The molecular formula is C28H28BrNO5. The van der Waals surface area contributed by atoms with Gasteiger partial charge in [0.2, 0.25) is 11.5 Å². The zero-order valence-corrected chi connectivity index (χ0v) is 21.3. The number of hydrogen-bond donors (Lipinski definition) is 0. The number of rotatable bonds is 8. The Morgan fingerprint density at radius 3 is 2.06 bits per heavy atom. The molecule has 0 bridgehead atoms. The van der Waals surface area contributed by atoms with E-state index < -0.39 is 23.1 Å². The smallest absolute Gasteiger partial charge is 0.356 e. The van der Waals surface area contributed by atoms with Crippen molar-refractivity contribution in [2.24, 2.45) is 4.99 Å². The number of ether oxygens (including phenoxy) is 2. The number of ketones is 2. The van der Waals surface area contributed by atoms with Gasteiger partial charge in [-0.25, -0.2) is 9.79 Å². The van der Waals surface area contributed by atoms with Crippen LogP contribution in [0.4, 0.5) is 0 Å². The number of aliphatic imine (C=N–C) groups is 1. The van der Waals surface area contributed by atoms with Gasteiger partial charge in [0, 0.05) is 11.1 Å². The molecule has 1 saturated carbocycles. The van der Waals surface area contributed by atoms with Gasteiger partial charge in [0.25, 0.3) is 0 Å². The Balaban J connectivity index is 1.97. The third-order valence-corrected chi connectivity index (χ3v) is 7.12. The molecule has 0 radical (unpaired) electrons. The van der Waals surface area contributed by atoms with Gasteiger partial charge in [-0.15, -0.1) is 0 Å². The zero-order valence-electron chi connectivity index (χ0n) is 19.7. The lowest BCUT2D eigenvalue weighted by Gasteiger charge is -2.27. The number of carbonyl (C=O) groups is 3. The van der Waals surface area contributed by atoms with E-state index in [-0.39, 0.29) is 35.0 Å². The largest absolute Gasteiger partial charge is 0.463 e. The van der Waals surface area contributed by atoms with Gasteiger partial charge >= 0.3 is 5.97 Å². The summed E-state index contributed by atoms with van der Waals surface area (Å²) in [6, 6.07) is 17.2. The minimum atomic E-state index is -1.82. The summed E-state index contributed by atoms with van der Waals surface area (Å²) >= 11 is 3.39. The van der Waals surface area contributed by atoms with Crippen LogP contribution in [0, 0.1) is 0 Å². The van der Waals surface area contributed by atoms with Crippen LogP contribution in [0.25, 0.3) is 0 Å². The summed E-state index contributed by atoms with van der Waals surface area (Å²) in [7, 11) is 0.